The third-order valence-electron chi connectivity index (χ3n) is 7.30. The number of aliphatic hydroxyl groups is 5. The summed E-state index contributed by atoms with van der Waals surface area (Å²) in [6, 6.07) is 3.56. The topological polar surface area (TPSA) is 248 Å². The van der Waals surface area contributed by atoms with E-state index in [0.717, 1.165) is 25.5 Å². The van der Waals surface area contributed by atoms with Gasteiger partial charge < -0.3 is 64.2 Å². The molecular weight excluding hydrogens is 580 g/mol. The largest absolute Gasteiger partial charge is 0.504 e. The first-order valence-electron chi connectivity index (χ1n) is 12.7. The first-order chi connectivity index (χ1) is 20.4. The van der Waals surface area contributed by atoms with Crippen LogP contribution in [0.15, 0.2) is 48.4 Å². The second kappa shape index (κ2) is 12.7. The van der Waals surface area contributed by atoms with Gasteiger partial charge in [-0.15, -0.1) is 0 Å². The number of fused-ring (bicyclic) bond motifs is 1. The first kappa shape index (κ1) is 31.9. The van der Waals surface area contributed by atoms with Gasteiger partial charge in [0.2, 0.25) is 6.29 Å². The van der Waals surface area contributed by atoms with E-state index >= 15 is 0 Å². The zero-order valence-corrected chi connectivity index (χ0v) is 22.7. The summed E-state index contributed by atoms with van der Waals surface area (Å²) in [7, 11) is 2.33. The highest BCUT2D eigenvalue weighted by atomic mass is 16.8. The number of methoxy groups -OCH3 is 2. The highest BCUT2D eigenvalue weighted by Gasteiger charge is 2.59. The maximum Gasteiger partial charge on any atom is 0.347 e. The van der Waals surface area contributed by atoms with Crippen molar-refractivity contribution in [3.05, 3.63) is 54.0 Å². The first-order valence-corrected chi connectivity index (χ1v) is 12.7. The molecule has 1 aromatic rings. The Morgan fingerprint density at radius 1 is 1.07 bits per heavy atom. The van der Waals surface area contributed by atoms with Gasteiger partial charge in [0.05, 0.1) is 38.6 Å². The third-order valence-corrected chi connectivity index (χ3v) is 7.30. The van der Waals surface area contributed by atoms with Crippen LogP contribution in [0.5, 0.6) is 11.5 Å². The Morgan fingerprint density at radius 3 is 2.42 bits per heavy atom. The Morgan fingerprint density at radius 2 is 1.79 bits per heavy atom. The SMILES string of the molecule is COC(=O)C1=CO[C@@H](O[C@@H]2O[C@H](CO)[C@@H](O)[C@H](O)[C@H]2O)C2C1C=C[C@@]2(O)C(=O)O/C=C(\C(=O)O)c1ccc(O)c(OC)c1. The molecule has 16 nitrogen and oxygen atoms in total. The predicted molar refractivity (Wildman–Crippen MR) is 137 cm³/mol. The zero-order chi connectivity index (χ0) is 31.6. The number of rotatable bonds is 9. The van der Waals surface area contributed by atoms with E-state index in [2.05, 4.69) is 0 Å². The molecular formula is C27H30O16. The van der Waals surface area contributed by atoms with Gasteiger partial charge in [-0.3, -0.25) is 0 Å². The lowest BCUT2D eigenvalue weighted by Crippen LogP contribution is -2.61. The van der Waals surface area contributed by atoms with Crippen LogP contribution in [0.2, 0.25) is 0 Å². The number of hydrogen-bond donors (Lipinski definition) is 7. The minimum Gasteiger partial charge on any atom is -0.504 e. The molecule has 4 rings (SSSR count). The van der Waals surface area contributed by atoms with Gasteiger partial charge in [0.15, 0.2) is 23.4 Å². The number of carboxylic acid groups (broad SMARTS) is 1. The van der Waals surface area contributed by atoms with Crippen molar-refractivity contribution in [1.82, 2.24) is 0 Å². The molecule has 0 bridgehead atoms. The normalized spacial score (nSPS) is 33.6. The number of esters is 2. The molecule has 2 unspecified atom stereocenters. The van der Waals surface area contributed by atoms with Gasteiger partial charge in [-0.25, -0.2) is 14.4 Å². The summed E-state index contributed by atoms with van der Waals surface area (Å²) in [5.41, 5.74) is -3.36. The fourth-order valence-corrected chi connectivity index (χ4v) is 4.96. The molecule has 0 amide bonds. The van der Waals surface area contributed by atoms with Gasteiger partial charge in [0, 0.05) is 5.92 Å². The van der Waals surface area contributed by atoms with Crippen molar-refractivity contribution < 1.29 is 78.6 Å². The van der Waals surface area contributed by atoms with Gasteiger partial charge in [0.1, 0.15) is 36.3 Å². The summed E-state index contributed by atoms with van der Waals surface area (Å²) in [5, 5.41) is 71.2. The third kappa shape index (κ3) is 5.94. The lowest BCUT2D eigenvalue weighted by molar-refractivity contribution is -0.345. The van der Waals surface area contributed by atoms with Crippen molar-refractivity contribution >= 4 is 23.5 Å². The van der Waals surface area contributed by atoms with Crippen molar-refractivity contribution in [2.45, 2.75) is 42.6 Å². The molecule has 3 aliphatic rings. The summed E-state index contributed by atoms with van der Waals surface area (Å²) in [6.07, 6.45) is -6.42. The zero-order valence-electron chi connectivity index (χ0n) is 22.7. The number of phenolic OH excluding ortho intramolecular Hbond substituents is 1. The monoisotopic (exact) mass is 610 g/mol. The van der Waals surface area contributed by atoms with Gasteiger partial charge in [-0.1, -0.05) is 12.1 Å². The van der Waals surface area contributed by atoms with E-state index in [1.54, 1.807) is 0 Å². The second-order valence-electron chi connectivity index (χ2n) is 9.77. The summed E-state index contributed by atoms with van der Waals surface area (Å²) >= 11 is 0. The fourth-order valence-electron chi connectivity index (χ4n) is 4.96. The van der Waals surface area contributed by atoms with Crippen LogP contribution in [0.3, 0.4) is 0 Å². The second-order valence-corrected chi connectivity index (χ2v) is 9.77. The Balaban J connectivity index is 1.65. The standard InChI is InChI=1S/C27H30O16/c1-38-16-7-11(3-4-15(16)29)13(22(33)34)9-41-26(36)27(37)6-5-12-14(23(35)39-2)10-40-24(18(12)27)43-25-21(32)20(31)19(30)17(8-28)42-25/h3-7,9-10,12,17-21,24-25,28-32,37H,8H2,1-2H3,(H,33,34)/b13-9-/t12?,17-,18?,19-,20+,21-,24+,25+,27+/m1/s1. The van der Waals surface area contributed by atoms with E-state index in [1.165, 1.54) is 25.3 Å². The molecule has 1 aliphatic carbocycles. The highest BCUT2D eigenvalue weighted by molar-refractivity contribution is 6.15. The van der Waals surface area contributed by atoms with Crippen LogP contribution >= 0.6 is 0 Å². The lowest BCUT2D eigenvalue weighted by Gasteiger charge is -2.44. The molecule has 0 saturated carbocycles. The number of benzene rings is 1. The molecule has 0 aromatic heterocycles. The minimum atomic E-state index is -2.64. The van der Waals surface area contributed by atoms with Gasteiger partial charge in [-0.05, 0) is 23.8 Å². The molecule has 2 heterocycles. The van der Waals surface area contributed by atoms with Gasteiger partial charge >= 0.3 is 17.9 Å². The molecule has 0 radical (unpaired) electrons. The van der Waals surface area contributed by atoms with Crippen molar-refractivity contribution in [3.63, 3.8) is 0 Å². The molecule has 9 atom stereocenters. The minimum absolute atomic E-state index is 0.0254. The van der Waals surface area contributed by atoms with Crippen LogP contribution in [-0.2, 0) is 38.1 Å². The Bertz CT molecular complexity index is 1330. The van der Waals surface area contributed by atoms with Crippen molar-refractivity contribution in [2.75, 3.05) is 20.8 Å². The average Bonchev–Trinajstić information content (AvgIpc) is 3.36. The maximum atomic E-state index is 13.3. The smallest absolute Gasteiger partial charge is 0.347 e. The Labute approximate surface area is 243 Å². The molecule has 234 valence electrons. The molecule has 0 spiro atoms. The van der Waals surface area contributed by atoms with E-state index in [9.17, 15) is 50.1 Å². The van der Waals surface area contributed by atoms with Crippen molar-refractivity contribution in [3.8, 4) is 11.5 Å². The predicted octanol–water partition coefficient (Wildman–Crippen LogP) is -1.87. The van der Waals surface area contributed by atoms with Gasteiger partial charge in [-0.2, -0.15) is 0 Å². The number of allylic oxidation sites excluding steroid dienone is 1. The summed E-state index contributed by atoms with van der Waals surface area (Å²) in [6.45, 7) is -0.766. The van der Waals surface area contributed by atoms with E-state index in [4.69, 9.17) is 28.4 Å². The number of aromatic hydroxyl groups is 1. The fraction of sp³-hybridized carbons (Fsp3) is 0.444. The van der Waals surface area contributed by atoms with E-state index in [-0.39, 0.29) is 22.6 Å². The van der Waals surface area contributed by atoms with Crippen LogP contribution in [-0.4, -0.2) is 117 Å². The molecule has 2 aliphatic heterocycles. The number of hydrogen-bond acceptors (Lipinski definition) is 15. The Hall–Kier alpha value is -4.03. The van der Waals surface area contributed by atoms with Gasteiger partial charge in [0.25, 0.3) is 0 Å². The van der Waals surface area contributed by atoms with E-state index in [0.29, 0.717) is 6.26 Å². The van der Waals surface area contributed by atoms with Crippen LogP contribution in [0.4, 0.5) is 0 Å². The van der Waals surface area contributed by atoms with Crippen LogP contribution < -0.4 is 4.74 Å². The number of carbonyl (C=O) groups excluding carboxylic acids is 2. The van der Waals surface area contributed by atoms with Crippen molar-refractivity contribution in [1.29, 1.82) is 0 Å². The van der Waals surface area contributed by atoms with E-state index in [1.807, 2.05) is 0 Å². The molecule has 1 saturated heterocycles. The number of ether oxygens (including phenoxy) is 6. The molecule has 16 heteroatoms. The Kier molecular flexibility index (Phi) is 9.41. The number of aliphatic carboxylic acids is 1. The molecule has 1 aromatic carbocycles. The summed E-state index contributed by atoms with van der Waals surface area (Å²) < 4.78 is 31.3. The number of phenols is 1. The highest BCUT2D eigenvalue weighted by Crippen LogP contribution is 2.46. The number of carboxylic acids is 1. The van der Waals surface area contributed by atoms with E-state index < -0.39 is 84.5 Å². The summed E-state index contributed by atoms with van der Waals surface area (Å²) in [5.74, 6) is -6.80. The quantitative estimate of drug-likeness (QED) is 0.0700. The van der Waals surface area contributed by atoms with Crippen LogP contribution in [0, 0.1) is 11.8 Å². The lowest BCUT2D eigenvalue weighted by atomic mass is 9.79. The number of carbonyl (C=O) groups is 3. The molecule has 1 fully saturated rings. The van der Waals surface area contributed by atoms with Crippen molar-refractivity contribution in [2.24, 2.45) is 11.8 Å². The summed E-state index contributed by atoms with van der Waals surface area (Å²) in [4.78, 5) is 37.7. The van der Waals surface area contributed by atoms with Crippen LogP contribution in [0.25, 0.3) is 5.57 Å². The average molecular weight is 611 g/mol. The maximum absolute atomic E-state index is 13.3. The molecule has 7 N–H and O–H groups in total. The molecule has 43 heavy (non-hydrogen) atoms. The number of aliphatic hydroxyl groups excluding tert-OH is 4. The van der Waals surface area contributed by atoms with Crippen LogP contribution in [0.1, 0.15) is 5.56 Å².